The van der Waals surface area contributed by atoms with Gasteiger partial charge in [-0.2, -0.15) is 0 Å². The number of aryl methyl sites for hydroxylation is 1. The largest absolute Gasteiger partial charge is 0.331 e. The second kappa shape index (κ2) is 4.11. The molecule has 4 fully saturated rings. The summed E-state index contributed by atoms with van der Waals surface area (Å²) in [6.45, 7) is 1.24. The third kappa shape index (κ3) is 1.60. The summed E-state index contributed by atoms with van der Waals surface area (Å²) in [5.74, 6) is 4.52. The average molecular weight is 270 g/mol. The molecule has 0 N–H and O–H groups in total. The number of rotatable bonds is 1. The summed E-state index contributed by atoms with van der Waals surface area (Å²) in [7, 11) is 0. The van der Waals surface area contributed by atoms with E-state index < -0.39 is 0 Å². The van der Waals surface area contributed by atoms with Gasteiger partial charge < -0.3 is 4.57 Å². The van der Waals surface area contributed by atoms with Crippen molar-refractivity contribution in [3.05, 3.63) is 17.7 Å². The highest BCUT2D eigenvalue weighted by Gasteiger charge is 2.52. The first kappa shape index (κ1) is 11.8. The van der Waals surface area contributed by atoms with Crippen molar-refractivity contribution < 1.29 is 0 Å². The molecular weight excluding hydrogens is 244 g/mol. The lowest BCUT2D eigenvalue weighted by atomic mass is 9.49. The van der Waals surface area contributed by atoms with Crippen LogP contribution in [0.5, 0.6) is 0 Å². The first-order chi connectivity index (χ1) is 9.82. The molecule has 4 aliphatic carbocycles. The highest BCUT2D eigenvalue weighted by atomic mass is 15.1. The Morgan fingerprint density at radius 3 is 2.35 bits per heavy atom. The number of hydrogen-bond acceptors (Lipinski definition) is 1. The van der Waals surface area contributed by atoms with Gasteiger partial charge in [-0.3, -0.25) is 0 Å². The zero-order valence-corrected chi connectivity index (χ0v) is 12.5. The minimum absolute atomic E-state index is 0.532. The molecule has 0 unspecified atom stereocenters. The molecule has 5 aliphatic rings. The van der Waals surface area contributed by atoms with Gasteiger partial charge in [0, 0.05) is 30.3 Å². The van der Waals surface area contributed by atoms with Gasteiger partial charge in [0.05, 0.1) is 0 Å². The molecule has 108 valence electrons. The third-order valence-electron chi connectivity index (χ3n) is 6.80. The van der Waals surface area contributed by atoms with E-state index in [1.165, 1.54) is 57.3 Å². The fraction of sp³-hybridized carbons (Fsp3) is 0.833. The Bertz CT molecular complexity index is 492. The summed E-state index contributed by atoms with van der Waals surface area (Å²) < 4.78 is 2.65. The van der Waals surface area contributed by atoms with Gasteiger partial charge in [0.1, 0.15) is 5.82 Å². The molecule has 2 nitrogen and oxygen atoms in total. The zero-order chi connectivity index (χ0) is 13.2. The summed E-state index contributed by atoms with van der Waals surface area (Å²) >= 11 is 0. The minimum atomic E-state index is 0.532. The molecule has 0 spiro atoms. The van der Waals surface area contributed by atoms with E-state index >= 15 is 0 Å². The molecule has 0 saturated heterocycles. The molecular formula is C18H26N2. The SMILES string of the molecule is c1nc2n(c1C13CC4CC(CC(C4)C1)C3)CCCCC2. The first-order valence-electron chi connectivity index (χ1n) is 8.87. The lowest BCUT2D eigenvalue weighted by Crippen LogP contribution is -2.49. The number of nitrogens with zero attached hydrogens (tertiary/aromatic N) is 2. The van der Waals surface area contributed by atoms with Crippen LogP contribution in [0.1, 0.15) is 69.3 Å². The quantitative estimate of drug-likeness (QED) is 0.752. The topological polar surface area (TPSA) is 17.8 Å². The molecule has 0 amide bonds. The van der Waals surface area contributed by atoms with Crippen molar-refractivity contribution in [2.45, 2.75) is 76.2 Å². The van der Waals surface area contributed by atoms with Crippen molar-refractivity contribution in [3.8, 4) is 0 Å². The van der Waals surface area contributed by atoms with Crippen LogP contribution in [0.25, 0.3) is 0 Å². The smallest absolute Gasteiger partial charge is 0.108 e. The van der Waals surface area contributed by atoms with Crippen molar-refractivity contribution in [1.82, 2.24) is 9.55 Å². The van der Waals surface area contributed by atoms with Crippen molar-refractivity contribution in [2.75, 3.05) is 0 Å². The summed E-state index contributed by atoms with van der Waals surface area (Å²) in [4.78, 5) is 4.84. The first-order valence-corrected chi connectivity index (χ1v) is 8.87. The Kier molecular flexibility index (Phi) is 2.43. The molecule has 2 heteroatoms. The Morgan fingerprint density at radius 1 is 0.950 bits per heavy atom. The van der Waals surface area contributed by atoms with Crippen LogP contribution < -0.4 is 0 Å². The predicted octanol–water partition coefficient (Wildman–Crippen LogP) is 4.08. The van der Waals surface area contributed by atoms with Crippen LogP contribution in [0.3, 0.4) is 0 Å². The molecule has 0 radical (unpaired) electrons. The highest BCUT2D eigenvalue weighted by molar-refractivity contribution is 5.24. The molecule has 6 rings (SSSR count). The lowest BCUT2D eigenvalue weighted by molar-refractivity contribution is -0.00891. The maximum Gasteiger partial charge on any atom is 0.108 e. The predicted molar refractivity (Wildman–Crippen MR) is 79.6 cm³/mol. The van der Waals surface area contributed by atoms with Crippen molar-refractivity contribution in [1.29, 1.82) is 0 Å². The molecule has 4 bridgehead atoms. The Balaban J connectivity index is 1.58. The second-order valence-corrected chi connectivity index (χ2v) is 8.22. The molecule has 2 heterocycles. The summed E-state index contributed by atoms with van der Waals surface area (Å²) in [6.07, 6.45) is 16.7. The van der Waals surface area contributed by atoms with E-state index in [1.54, 1.807) is 25.0 Å². The van der Waals surface area contributed by atoms with Crippen LogP contribution in [0.15, 0.2) is 6.20 Å². The maximum absolute atomic E-state index is 4.84. The fourth-order valence-corrected chi connectivity index (χ4v) is 6.44. The van der Waals surface area contributed by atoms with Crippen LogP contribution in [0.2, 0.25) is 0 Å². The van der Waals surface area contributed by atoms with Gasteiger partial charge in [0.15, 0.2) is 0 Å². The molecule has 1 aromatic rings. The fourth-order valence-electron chi connectivity index (χ4n) is 6.44. The van der Waals surface area contributed by atoms with Crippen molar-refractivity contribution in [3.63, 3.8) is 0 Å². The van der Waals surface area contributed by atoms with Gasteiger partial charge >= 0.3 is 0 Å². The van der Waals surface area contributed by atoms with Crippen LogP contribution in [0.4, 0.5) is 0 Å². The Hall–Kier alpha value is -0.790. The van der Waals surface area contributed by atoms with Gasteiger partial charge in [-0.05, 0) is 69.1 Å². The van der Waals surface area contributed by atoms with Gasteiger partial charge in [0.25, 0.3) is 0 Å². The lowest BCUT2D eigenvalue weighted by Gasteiger charge is -2.56. The number of imidazole rings is 1. The van der Waals surface area contributed by atoms with E-state index in [1.807, 2.05) is 0 Å². The van der Waals surface area contributed by atoms with Gasteiger partial charge in [-0.1, -0.05) is 6.42 Å². The molecule has 1 aromatic heterocycles. The maximum atomic E-state index is 4.84. The average Bonchev–Trinajstić information content (AvgIpc) is 2.68. The Labute approximate surface area is 122 Å². The van der Waals surface area contributed by atoms with Gasteiger partial charge in [-0.25, -0.2) is 4.98 Å². The number of fused-ring (bicyclic) bond motifs is 1. The van der Waals surface area contributed by atoms with Crippen LogP contribution in [-0.2, 0) is 18.4 Å². The summed E-state index contributed by atoms with van der Waals surface area (Å²) in [5.41, 5.74) is 2.18. The normalized spacial score (nSPS) is 42.5. The third-order valence-corrected chi connectivity index (χ3v) is 6.80. The molecule has 0 atom stereocenters. The van der Waals surface area contributed by atoms with E-state index in [0.29, 0.717) is 5.41 Å². The molecule has 0 aromatic carbocycles. The van der Waals surface area contributed by atoms with Crippen molar-refractivity contribution >= 4 is 0 Å². The van der Waals surface area contributed by atoms with E-state index in [-0.39, 0.29) is 0 Å². The van der Waals surface area contributed by atoms with Crippen LogP contribution in [-0.4, -0.2) is 9.55 Å². The zero-order valence-electron chi connectivity index (χ0n) is 12.5. The Morgan fingerprint density at radius 2 is 1.65 bits per heavy atom. The standard InChI is InChI=1S/C18H26N2/c1-2-4-17-19-12-16(20(17)5-3-1)18-9-13-6-14(10-18)8-15(7-13)11-18/h12-15H,1-11H2. The highest BCUT2D eigenvalue weighted by Crippen LogP contribution is 2.60. The number of aromatic nitrogens is 2. The van der Waals surface area contributed by atoms with Gasteiger partial charge in [0.2, 0.25) is 0 Å². The summed E-state index contributed by atoms with van der Waals surface area (Å²) in [6, 6.07) is 0. The van der Waals surface area contributed by atoms with E-state index in [4.69, 9.17) is 4.98 Å². The van der Waals surface area contributed by atoms with E-state index in [2.05, 4.69) is 10.8 Å². The summed E-state index contributed by atoms with van der Waals surface area (Å²) in [5, 5.41) is 0. The monoisotopic (exact) mass is 270 g/mol. The van der Waals surface area contributed by atoms with Crippen molar-refractivity contribution in [2.24, 2.45) is 17.8 Å². The van der Waals surface area contributed by atoms with Gasteiger partial charge in [-0.15, -0.1) is 0 Å². The van der Waals surface area contributed by atoms with E-state index in [0.717, 1.165) is 17.8 Å². The van der Waals surface area contributed by atoms with Crippen LogP contribution in [0, 0.1) is 17.8 Å². The van der Waals surface area contributed by atoms with E-state index in [9.17, 15) is 0 Å². The number of hydrogen-bond donors (Lipinski definition) is 0. The van der Waals surface area contributed by atoms with Crippen LogP contribution >= 0.6 is 0 Å². The second-order valence-electron chi connectivity index (χ2n) is 8.22. The molecule has 4 saturated carbocycles. The molecule has 20 heavy (non-hydrogen) atoms. The molecule has 1 aliphatic heterocycles. The minimum Gasteiger partial charge on any atom is -0.331 e.